The number of hydrogen-bond acceptors (Lipinski definition) is 1. The predicted octanol–water partition coefficient (Wildman–Crippen LogP) is 1.62. The lowest BCUT2D eigenvalue weighted by Gasteiger charge is -1.98. The van der Waals surface area contributed by atoms with Gasteiger partial charge in [0.05, 0.1) is 6.61 Å². The van der Waals surface area contributed by atoms with Crippen LogP contribution in [0, 0.1) is 0 Å². The van der Waals surface area contributed by atoms with Crippen LogP contribution < -0.4 is 0 Å². The molecule has 0 aliphatic rings. The zero-order chi connectivity index (χ0) is 6.95. The molecule has 1 radical (unpaired) electrons. The van der Waals surface area contributed by atoms with Crippen LogP contribution in [-0.2, 0) is 9.84 Å². The van der Waals surface area contributed by atoms with Crippen LogP contribution in [-0.4, -0.2) is 19.8 Å². The second kappa shape index (κ2) is 7.92. The van der Waals surface area contributed by atoms with E-state index >= 15 is 0 Å². The molecule has 0 rings (SSSR count). The second-order valence-electron chi connectivity index (χ2n) is 2.02. The molecule has 0 N–H and O–H groups in total. The van der Waals surface area contributed by atoms with Gasteiger partial charge >= 0.3 is 0 Å². The van der Waals surface area contributed by atoms with E-state index in [1.807, 2.05) is 0 Å². The molecule has 0 fully saturated rings. The van der Waals surface area contributed by atoms with Crippen molar-refractivity contribution < 1.29 is 9.84 Å². The van der Waals surface area contributed by atoms with Crippen LogP contribution in [0.4, 0.5) is 0 Å². The monoisotopic (exact) mass is 131 g/mol. The van der Waals surface area contributed by atoms with E-state index < -0.39 is 0 Å². The molecular weight excluding hydrogens is 116 g/mol. The van der Waals surface area contributed by atoms with E-state index in [0.29, 0.717) is 13.0 Å². The van der Waals surface area contributed by atoms with E-state index in [9.17, 15) is 5.11 Å². The summed E-state index contributed by atoms with van der Waals surface area (Å²) in [4.78, 5) is 0. The van der Waals surface area contributed by atoms with Crippen molar-refractivity contribution in [3.8, 4) is 0 Å². The molecule has 2 heteroatoms. The van der Waals surface area contributed by atoms with Crippen molar-refractivity contribution in [3.63, 3.8) is 0 Å². The van der Waals surface area contributed by atoms with Crippen molar-refractivity contribution in [2.24, 2.45) is 0 Å². The van der Waals surface area contributed by atoms with Crippen LogP contribution in [0.5, 0.6) is 0 Å². The summed E-state index contributed by atoms with van der Waals surface area (Å²) in [6, 6.07) is 0. The first-order valence-electron chi connectivity index (χ1n) is 3.57. The lowest BCUT2D eigenvalue weighted by molar-refractivity contribution is 0.0972. The Bertz CT molecular complexity index is 40.2. The van der Waals surface area contributed by atoms with Gasteiger partial charge in [-0.05, 0) is 12.8 Å². The summed E-state index contributed by atoms with van der Waals surface area (Å²) in [6.07, 6.45) is 2.93. The van der Waals surface area contributed by atoms with Crippen molar-refractivity contribution in [3.05, 3.63) is 0 Å². The maximum absolute atomic E-state index is 9.88. The normalized spacial score (nSPS) is 10.0. The zero-order valence-electron chi connectivity index (χ0n) is 6.06. The summed E-state index contributed by atoms with van der Waals surface area (Å²) in [5.74, 6) is 0. The van der Waals surface area contributed by atoms with Crippen LogP contribution in [0.15, 0.2) is 0 Å². The molecule has 0 aliphatic heterocycles. The Morgan fingerprint density at radius 3 is 2.44 bits per heavy atom. The van der Waals surface area contributed by atoms with E-state index in [1.54, 1.807) is 0 Å². The van der Waals surface area contributed by atoms with Gasteiger partial charge in [0.2, 0.25) is 0 Å². The van der Waals surface area contributed by atoms with Gasteiger partial charge in [-0.15, -0.1) is 0 Å². The smallest absolute Gasteiger partial charge is 0.0844 e. The molecule has 0 spiro atoms. The van der Waals surface area contributed by atoms with Crippen molar-refractivity contribution in [1.29, 1.82) is 0 Å². The van der Waals surface area contributed by atoms with Gasteiger partial charge in [0.25, 0.3) is 0 Å². The highest BCUT2D eigenvalue weighted by atomic mass is 16.5. The Balaban J connectivity index is 2.60. The minimum atomic E-state index is -0.00781. The highest BCUT2D eigenvalue weighted by Gasteiger charge is 1.85. The zero-order valence-corrected chi connectivity index (χ0v) is 6.06. The summed E-state index contributed by atoms with van der Waals surface area (Å²) < 4.78 is 5.11. The van der Waals surface area contributed by atoms with Gasteiger partial charge in [-0.25, -0.2) is 5.11 Å². The van der Waals surface area contributed by atoms with Crippen LogP contribution in [0.2, 0.25) is 0 Å². The van der Waals surface area contributed by atoms with Crippen LogP contribution >= 0.6 is 0 Å². The maximum atomic E-state index is 9.88. The van der Waals surface area contributed by atoms with E-state index in [0.717, 1.165) is 19.4 Å². The summed E-state index contributed by atoms with van der Waals surface area (Å²) in [6.45, 7) is 3.57. The first kappa shape index (κ1) is 8.92. The molecule has 0 saturated carbocycles. The lowest BCUT2D eigenvalue weighted by atomic mass is 10.4. The summed E-state index contributed by atoms with van der Waals surface area (Å²) >= 11 is 0. The first-order chi connectivity index (χ1) is 4.41. The molecular formula is C7H15O2. The first-order valence-corrected chi connectivity index (χ1v) is 3.57. The van der Waals surface area contributed by atoms with E-state index in [2.05, 4.69) is 6.92 Å². The molecule has 0 amide bonds. The fourth-order valence-corrected chi connectivity index (χ4v) is 0.509. The molecule has 0 unspecified atom stereocenters. The third kappa shape index (κ3) is 7.92. The second-order valence-corrected chi connectivity index (χ2v) is 2.02. The Kier molecular flexibility index (Phi) is 7.85. The average molecular weight is 131 g/mol. The summed E-state index contributed by atoms with van der Waals surface area (Å²) in [5, 5.41) is 9.88. The van der Waals surface area contributed by atoms with E-state index in [4.69, 9.17) is 4.74 Å². The van der Waals surface area contributed by atoms with Gasteiger partial charge in [-0.3, -0.25) is 0 Å². The number of ether oxygens (including phenoxy) is 1. The minimum Gasteiger partial charge on any atom is -0.381 e. The predicted molar refractivity (Wildman–Crippen MR) is 35.9 cm³/mol. The minimum absolute atomic E-state index is 0.00781. The molecule has 9 heavy (non-hydrogen) atoms. The molecule has 0 aromatic carbocycles. The molecule has 0 heterocycles. The number of unbranched alkanes of at least 4 members (excludes halogenated alkanes) is 1. The quantitative estimate of drug-likeness (QED) is 0.503. The molecule has 2 nitrogen and oxygen atoms in total. The Hall–Kier alpha value is -0.0800. The van der Waals surface area contributed by atoms with Gasteiger partial charge in [0.1, 0.15) is 0 Å². The fraction of sp³-hybridized carbons (Fsp3) is 1.00. The number of hydrogen-bond donors (Lipinski definition) is 0. The number of rotatable bonds is 6. The third-order valence-electron chi connectivity index (χ3n) is 1.08. The molecule has 55 valence electrons. The summed E-state index contributed by atoms with van der Waals surface area (Å²) in [5.41, 5.74) is 0. The highest BCUT2D eigenvalue weighted by molar-refractivity contribution is 4.33. The van der Waals surface area contributed by atoms with Crippen LogP contribution in [0.1, 0.15) is 26.2 Å². The standard InChI is InChI=1S/C7H15O2/c1-2-3-6-9-7-4-5-8/h2-7H2,1H3. The van der Waals surface area contributed by atoms with Gasteiger partial charge in [-0.2, -0.15) is 0 Å². The molecule has 0 aromatic rings. The fourth-order valence-electron chi connectivity index (χ4n) is 0.509. The Morgan fingerprint density at radius 1 is 1.22 bits per heavy atom. The van der Waals surface area contributed by atoms with E-state index in [1.165, 1.54) is 0 Å². The molecule has 0 aliphatic carbocycles. The Labute approximate surface area is 56.8 Å². The topological polar surface area (TPSA) is 29.1 Å². The van der Waals surface area contributed by atoms with Gasteiger partial charge in [-0.1, -0.05) is 13.3 Å². The molecule has 0 atom stereocenters. The van der Waals surface area contributed by atoms with Crippen molar-refractivity contribution in [1.82, 2.24) is 0 Å². The lowest BCUT2D eigenvalue weighted by Crippen LogP contribution is -1.97. The molecule has 0 saturated heterocycles. The van der Waals surface area contributed by atoms with Gasteiger partial charge in [0.15, 0.2) is 0 Å². The highest BCUT2D eigenvalue weighted by Crippen LogP contribution is 1.88. The third-order valence-corrected chi connectivity index (χ3v) is 1.08. The van der Waals surface area contributed by atoms with E-state index in [-0.39, 0.29) is 6.61 Å². The Morgan fingerprint density at radius 2 is 1.89 bits per heavy atom. The van der Waals surface area contributed by atoms with Crippen molar-refractivity contribution >= 4 is 0 Å². The molecule has 0 aromatic heterocycles. The maximum Gasteiger partial charge on any atom is 0.0844 e. The van der Waals surface area contributed by atoms with Gasteiger partial charge < -0.3 is 4.74 Å². The summed E-state index contributed by atoms with van der Waals surface area (Å²) in [7, 11) is 0. The SMILES string of the molecule is CCCCOCCC[O]. The largest absolute Gasteiger partial charge is 0.381 e. The van der Waals surface area contributed by atoms with Crippen LogP contribution in [0.25, 0.3) is 0 Å². The van der Waals surface area contributed by atoms with Crippen LogP contribution in [0.3, 0.4) is 0 Å². The van der Waals surface area contributed by atoms with Gasteiger partial charge in [0, 0.05) is 13.2 Å². The van der Waals surface area contributed by atoms with Crippen molar-refractivity contribution in [2.75, 3.05) is 19.8 Å². The van der Waals surface area contributed by atoms with Crippen molar-refractivity contribution in [2.45, 2.75) is 26.2 Å². The average Bonchev–Trinajstić information content (AvgIpc) is 1.89. The molecule has 0 bridgehead atoms.